The predicted molar refractivity (Wildman–Crippen MR) is 114 cm³/mol. The molecule has 2 aromatic rings. The van der Waals surface area contributed by atoms with Crippen LogP contribution in [0, 0.1) is 0 Å². The molecule has 5 rings (SSSR count). The minimum atomic E-state index is -3.47. The molecule has 8 nitrogen and oxygen atoms in total. The zero-order valence-corrected chi connectivity index (χ0v) is 18.0. The summed E-state index contributed by atoms with van der Waals surface area (Å²) in [6.07, 6.45) is 8.44. The van der Waals surface area contributed by atoms with E-state index in [-0.39, 0.29) is 4.90 Å². The number of anilines is 1. The van der Waals surface area contributed by atoms with Crippen molar-refractivity contribution in [1.29, 1.82) is 0 Å². The van der Waals surface area contributed by atoms with Crippen LogP contribution in [0.1, 0.15) is 60.8 Å². The number of carbonyl (C=O) groups excluding carboxylic acids is 1. The van der Waals surface area contributed by atoms with Gasteiger partial charge in [-0.3, -0.25) is 0 Å². The Morgan fingerprint density at radius 2 is 2.23 bits per heavy atom. The monoisotopic (exact) mass is 429 g/mol. The standard InChI is InChI=1S/C21H27N5O3S/c1-2-13-7-8-15-11-14-5-3-6-16(14)19(18(13)15)24-21(27)25-30(22,28)17-12-23-26-9-4-10-29-20(17)26/h11-13H,2-10H2,1H3,(H3,22,24,25,27,28)/t13-,30+/m0/s1. The second kappa shape index (κ2) is 7.39. The van der Waals surface area contributed by atoms with E-state index in [1.54, 1.807) is 4.68 Å². The lowest BCUT2D eigenvalue weighted by atomic mass is 9.92. The fourth-order valence-electron chi connectivity index (χ4n) is 5.07. The molecule has 2 amide bonds. The van der Waals surface area contributed by atoms with Gasteiger partial charge < -0.3 is 10.1 Å². The highest BCUT2D eigenvalue weighted by molar-refractivity contribution is 7.91. The number of fused-ring (bicyclic) bond motifs is 3. The van der Waals surface area contributed by atoms with Crippen LogP contribution in [0.3, 0.4) is 0 Å². The first-order valence-corrected chi connectivity index (χ1v) is 12.3. The fourth-order valence-corrected chi connectivity index (χ4v) is 6.07. The summed E-state index contributed by atoms with van der Waals surface area (Å²) in [6, 6.07) is 1.64. The Balaban J connectivity index is 1.51. The summed E-state index contributed by atoms with van der Waals surface area (Å²) in [7, 11) is -3.47. The van der Waals surface area contributed by atoms with E-state index in [1.165, 1.54) is 28.5 Å². The van der Waals surface area contributed by atoms with E-state index in [4.69, 9.17) is 9.88 Å². The van der Waals surface area contributed by atoms with Gasteiger partial charge in [0.1, 0.15) is 4.90 Å². The summed E-state index contributed by atoms with van der Waals surface area (Å²) in [5.74, 6) is 0.775. The number of aryl methyl sites for hydroxylation is 3. The number of carbonyl (C=O) groups is 1. The van der Waals surface area contributed by atoms with E-state index in [2.05, 4.69) is 27.8 Å². The number of rotatable bonds is 3. The third kappa shape index (κ3) is 3.20. The van der Waals surface area contributed by atoms with Crippen LogP contribution in [0.5, 0.6) is 5.88 Å². The number of benzene rings is 1. The van der Waals surface area contributed by atoms with Crippen molar-refractivity contribution < 1.29 is 13.7 Å². The minimum absolute atomic E-state index is 0.173. The van der Waals surface area contributed by atoms with Gasteiger partial charge in [0.05, 0.1) is 12.8 Å². The zero-order chi connectivity index (χ0) is 20.9. The van der Waals surface area contributed by atoms with E-state index in [0.29, 0.717) is 24.9 Å². The Morgan fingerprint density at radius 3 is 3.07 bits per heavy atom. The van der Waals surface area contributed by atoms with Gasteiger partial charge in [-0.1, -0.05) is 13.0 Å². The van der Waals surface area contributed by atoms with E-state index in [0.717, 1.165) is 50.6 Å². The Labute approximate surface area is 176 Å². The van der Waals surface area contributed by atoms with Gasteiger partial charge in [0.15, 0.2) is 9.92 Å². The van der Waals surface area contributed by atoms with E-state index >= 15 is 0 Å². The quantitative estimate of drug-likeness (QED) is 0.777. The molecule has 0 bridgehead atoms. The van der Waals surface area contributed by atoms with Gasteiger partial charge in [-0.15, -0.1) is 4.36 Å². The molecule has 160 valence electrons. The highest BCUT2D eigenvalue weighted by Gasteiger charge is 2.30. The van der Waals surface area contributed by atoms with E-state index in [9.17, 15) is 9.00 Å². The average Bonchev–Trinajstić information content (AvgIpc) is 3.44. The summed E-state index contributed by atoms with van der Waals surface area (Å²) in [5.41, 5.74) is 5.95. The summed E-state index contributed by atoms with van der Waals surface area (Å²) >= 11 is 0. The summed E-state index contributed by atoms with van der Waals surface area (Å²) < 4.78 is 24.2. The molecule has 30 heavy (non-hydrogen) atoms. The molecule has 2 aliphatic carbocycles. The average molecular weight is 430 g/mol. The highest BCUT2D eigenvalue weighted by atomic mass is 32.2. The Hall–Kier alpha value is -2.39. The van der Waals surface area contributed by atoms with Gasteiger partial charge in [0.25, 0.3) is 0 Å². The zero-order valence-electron chi connectivity index (χ0n) is 17.1. The lowest BCUT2D eigenvalue weighted by molar-refractivity contribution is 0.224. The lowest BCUT2D eigenvalue weighted by Gasteiger charge is -2.19. The normalized spacial score (nSPS) is 21.2. The highest BCUT2D eigenvalue weighted by Crippen LogP contribution is 2.45. The SMILES string of the molecule is CC[C@H]1CCc2cc3c(c(NC(=O)N=[S@@](N)(=O)c4cnn5c4OCCC5)c21)CCC3. The van der Waals surface area contributed by atoms with Crippen molar-refractivity contribution in [1.82, 2.24) is 9.78 Å². The van der Waals surface area contributed by atoms with Crippen LogP contribution < -0.4 is 15.2 Å². The Bertz CT molecular complexity index is 1150. The van der Waals surface area contributed by atoms with Crippen molar-refractivity contribution >= 4 is 21.6 Å². The largest absolute Gasteiger partial charge is 0.477 e. The van der Waals surface area contributed by atoms with Crippen LogP contribution in [0.15, 0.2) is 21.5 Å². The molecular weight excluding hydrogens is 402 g/mol. The number of urea groups is 1. The van der Waals surface area contributed by atoms with Gasteiger partial charge >= 0.3 is 6.03 Å². The number of nitrogens with one attached hydrogen (secondary N) is 1. The second-order valence-corrected chi connectivity index (χ2v) is 10.0. The Morgan fingerprint density at radius 1 is 1.37 bits per heavy atom. The van der Waals surface area contributed by atoms with Crippen molar-refractivity contribution in [3.8, 4) is 5.88 Å². The molecular formula is C21H27N5O3S. The van der Waals surface area contributed by atoms with Gasteiger partial charge in [-0.2, -0.15) is 5.10 Å². The molecule has 3 aliphatic rings. The van der Waals surface area contributed by atoms with Crippen molar-refractivity contribution in [2.24, 2.45) is 9.50 Å². The van der Waals surface area contributed by atoms with Gasteiger partial charge in [-0.05, 0) is 66.7 Å². The number of ether oxygens (including phenoxy) is 1. The van der Waals surface area contributed by atoms with Crippen molar-refractivity contribution in [3.05, 3.63) is 34.5 Å². The molecule has 0 unspecified atom stereocenters. The molecule has 0 fully saturated rings. The van der Waals surface area contributed by atoms with Crippen LogP contribution in [0.25, 0.3) is 0 Å². The van der Waals surface area contributed by atoms with E-state index in [1.807, 2.05) is 0 Å². The first-order chi connectivity index (χ1) is 14.5. The number of nitrogens with zero attached hydrogens (tertiary/aromatic N) is 3. The molecule has 1 aromatic carbocycles. The molecule has 2 heterocycles. The van der Waals surface area contributed by atoms with Gasteiger partial charge in [-0.25, -0.2) is 18.8 Å². The second-order valence-electron chi connectivity index (χ2n) is 8.29. The van der Waals surface area contributed by atoms with Crippen LogP contribution in [-0.2, 0) is 35.7 Å². The summed E-state index contributed by atoms with van der Waals surface area (Å²) in [4.78, 5) is 13.1. The first-order valence-electron chi connectivity index (χ1n) is 10.7. The number of hydrogen-bond donors (Lipinski definition) is 2. The topological polar surface area (TPSA) is 112 Å². The van der Waals surface area contributed by atoms with Crippen molar-refractivity contribution in [2.45, 2.75) is 69.2 Å². The molecule has 1 aromatic heterocycles. The third-order valence-electron chi connectivity index (χ3n) is 6.47. The summed E-state index contributed by atoms with van der Waals surface area (Å²) in [6.45, 7) is 3.34. The molecule has 1 aliphatic heterocycles. The van der Waals surface area contributed by atoms with Gasteiger partial charge in [0, 0.05) is 18.7 Å². The molecule has 0 spiro atoms. The maximum absolute atomic E-state index is 13.1. The smallest absolute Gasteiger partial charge is 0.354 e. The maximum atomic E-state index is 13.1. The maximum Gasteiger partial charge on any atom is 0.354 e. The number of hydrogen-bond acceptors (Lipinski definition) is 4. The van der Waals surface area contributed by atoms with E-state index < -0.39 is 15.9 Å². The number of aromatic nitrogens is 2. The van der Waals surface area contributed by atoms with Crippen LogP contribution >= 0.6 is 0 Å². The van der Waals surface area contributed by atoms with Crippen molar-refractivity contribution in [3.63, 3.8) is 0 Å². The molecule has 0 saturated carbocycles. The van der Waals surface area contributed by atoms with Gasteiger partial charge in [0.2, 0.25) is 5.88 Å². The molecule has 9 heteroatoms. The Kier molecular flexibility index (Phi) is 4.82. The first kappa shape index (κ1) is 19.6. The number of amides is 2. The molecule has 3 N–H and O–H groups in total. The summed E-state index contributed by atoms with van der Waals surface area (Å²) in [5, 5.41) is 13.2. The minimum Gasteiger partial charge on any atom is -0.477 e. The van der Waals surface area contributed by atoms with Crippen LogP contribution in [-0.4, -0.2) is 26.6 Å². The fraction of sp³-hybridized carbons (Fsp3) is 0.524. The number of nitrogens with two attached hydrogens (primary N) is 1. The molecule has 0 radical (unpaired) electrons. The third-order valence-corrected chi connectivity index (χ3v) is 7.81. The van der Waals surface area contributed by atoms with Crippen molar-refractivity contribution in [2.75, 3.05) is 11.9 Å². The molecule has 2 atom stereocenters. The molecule has 0 saturated heterocycles. The lowest BCUT2D eigenvalue weighted by Crippen LogP contribution is -2.21. The van der Waals surface area contributed by atoms with Crippen LogP contribution in [0.2, 0.25) is 0 Å². The van der Waals surface area contributed by atoms with Crippen LogP contribution in [0.4, 0.5) is 10.5 Å². The predicted octanol–water partition coefficient (Wildman–Crippen LogP) is 3.53.